The van der Waals surface area contributed by atoms with Gasteiger partial charge in [-0.3, -0.25) is 0 Å². The van der Waals surface area contributed by atoms with E-state index in [9.17, 15) is 10.0 Å². The molecule has 5 nitrogen and oxygen atoms in total. The van der Waals surface area contributed by atoms with Crippen LogP contribution in [-0.4, -0.2) is 14.5 Å². The van der Waals surface area contributed by atoms with Gasteiger partial charge in [0.15, 0.2) is 0 Å². The standard InChI is InChI=1S/C14H11N3O2/c18-9-12-14(10-5-1-2-6-11(10)16-19)15-13-7-3-4-8-17(12)13/h1-8,18H,9H2. The molecule has 0 saturated carbocycles. The summed E-state index contributed by atoms with van der Waals surface area (Å²) in [5.74, 6) is 0. The number of aliphatic hydroxyl groups excluding tert-OH is 1. The minimum atomic E-state index is -0.159. The first kappa shape index (κ1) is 11.6. The van der Waals surface area contributed by atoms with Gasteiger partial charge >= 0.3 is 0 Å². The molecule has 5 heteroatoms. The second-order valence-electron chi connectivity index (χ2n) is 4.10. The largest absolute Gasteiger partial charge is 0.390 e. The van der Waals surface area contributed by atoms with E-state index >= 15 is 0 Å². The number of benzene rings is 1. The van der Waals surface area contributed by atoms with Crippen LogP contribution in [0.1, 0.15) is 5.69 Å². The smallest absolute Gasteiger partial charge is 0.137 e. The lowest BCUT2D eigenvalue weighted by atomic mass is 10.1. The third-order valence-electron chi connectivity index (χ3n) is 3.04. The molecule has 0 amide bonds. The number of hydrogen-bond acceptors (Lipinski definition) is 4. The van der Waals surface area contributed by atoms with Crippen molar-refractivity contribution in [2.45, 2.75) is 6.61 Å². The Labute approximate surface area is 109 Å². The predicted molar refractivity (Wildman–Crippen MR) is 72.0 cm³/mol. The van der Waals surface area contributed by atoms with Crippen LogP contribution in [0.5, 0.6) is 0 Å². The van der Waals surface area contributed by atoms with Gasteiger partial charge < -0.3 is 9.51 Å². The van der Waals surface area contributed by atoms with E-state index < -0.39 is 0 Å². The number of fused-ring (bicyclic) bond motifs is 1. The number of aromatic nitrogens is 2. The number of nitrogens with zero attached hydrogens (tertiary/aromatic N) is 3. The van der Waals surface area contributed by atoms with Crippen LogP contribution in [0.3, 0.4) is 0 Å². The van der Waals surface area contributed by atoms with Crippen LogP contribution >= 0.6 is 0 Å². The number of pyridine rings is 1. The molecule has 1 aromatic carbocycles. The van der Waals surface area contributed by atoms with Gasteiger partial charge in [0.1, 0.15) is 11.3 Å². The highest BCUT2D eigenvalue weighted by atomic mass is 16.3. The molecule has 0 radical (unpaired) electrons. The van der Waals surface area contributed by atoms with Gasteiger partial charge in [-0.2, -0.15) is 0 Å². The summed E-state index contributed by atoms with van der Waals surface area (Å²) in [7, 11) is 0. The summed E-state index contributed by atoms with van der Waals surface area (Å²) in [5.41, 5.74) is 2.91. The summed E-state index contributed by atoms with van der Waals surface area (Å²) >= 11 is 0. The molecule has 0 spiro atoms. The highest BCUT2D eigenvalue weighted by molar-refractivity contribution is 5.76. The van der Waals surface area contributed by atoms with Crippen LogP contribution in [0.15, 0.2) is 53.8 Å². The number of nitroso groups, excluding NO2 is 1. The van der Waals surface area contributed by atoms with E-state index in [4.69, 9.17) is 0 Å². The molecule has 94 valence electrons. The van der Waals surface area contributed by atoms with Crippen molar-refractivity contribution >= 4 is 11.3 Å². The van der Waals surface area contributed by atoms with E-state index in [1.165, 1.54) is 0 Å². The van der Waals surface area contributed by atoms with Crippen molar-refractivity contribution < 1.29 is 5.11 Å². The van der Waals surface area contributed by atoms with Crippen molar-refractivity contribution in [2.24, 2.45) is 5.18 Å². The molecule has 0 aliphatic rings. The van der Waals surface area contributed by atoms with Crippen LogP contribution in [0.2, 0.25) is 0 Å². The van der Waals surface area contributed by atoms with Crippen molar-refractivity contribution in [3.63, 3.8) is 0 Å². The highest BCUT2D eigenvalue weighted by Gasteiger charge is 2.15. The van der Waals surface area contributed by atoms with E-state index in [2.05, 4.69) is 10.2 Å². The molecule has 0 saturated heterocycles. The number of aliphatic hydroxyl groups is 1. The molecule has 0 bridgehead atoms. The zero-order valence-corrected chi connectivity index (χ0v) is 10.0. The molecule has 0 aliphatic carbocycles. The van der Waals surface area contributed by atoms with E-state index in [-0.39, 0.29) is 6.61 Å². The fourth-order valence-electron chi connectivity index (χ4n) is 2.17. The Morgan fingerprint density at radius 3 is 2.74 bits per heavy atom. The Balaban J connectivity index is 2.33. The summed E-state index contributed by atoms with van der Waals surface area (Å²) in [6.07, 6.45) is 1.83. The van der Waals surface area contributed by atoms with Gasteiger partial charge in [-0.05, 0) is 23.4 Å². The maximum atomic E-state index is 10.9. The van der Waals surface area contributed by atoms with Crippen molar-refractivity contribution in [2.75, 3.05) is 0 Å². The number of rotatable bonds is 3. The molecule has 0 atom stereocenters. The van der Waals surface area contributed by atoms with Crippen molar-refractivity contribution in [3.05, 3.63) is 59.3 Å². The minimum absolute atomic E-state index is 0.159. The van der Waals surface area contributed by atoms with Crippen LogP contribution < -0.4 is 0 Å². The molecule has 2 aromatic heterocycles. The van der Waals surface area contributed by atoms with Crippen LogP contribution in [-0.2, 0) is 6.61 Å². The lowest BCUT2D eigenvalue weighted by Gasteiger charge is -2.03. The molecule has 2 heterocycles. The van der Waals surface area contributed by atoms with Crippen LogP contribution in [0.4, 0.5) is 5.69 Å². The summed E-state index contributed by atoms with van der Waals surface area (Å²) in [4.78, 5) is 15.3. The van der Waals surface area contributed by atoms with Crippen molar-refractivity contribution in [1.82, 2.24) is 9.38 Å². The van der Waals surface area contributed by atoms with Crippen LogP contribution in [0.25, 0.3) is 16.9 Å². The second-order valence-corrected chi connectivity index (χ2v) is 4.10. The fraction of sp³-hybridized carbons (Fsp3) is 0.0714. The second kappa shape index (κ2) is 4.62. The number of imidazole rings is 1. The minimum Gasteiger partial charge on any atom is -0.390 e. The zero-order valence-electron chi connectivity index (χ0n) is 10.0. The predicted octanol–water partition coefficient (Wildman–Crippen LogP) is 2.89. The van der Waals surface area contributed by atoms with Gasteiger partial charge in [-0.1, -0.05) is 24.3 Å². The molecular weight excluding hydrogens is 242 g/mol. The summed E-state index contributed by atoms with van der Waals surface area (Å²) in [6.45, 7) is -0.159. The fourth-order valence-corrected chi connectivity index (χ4v) is 2.17. The quantitative estimate of drug-likeness (QED) is 0.730. The van der Waals surface area contributed by atoms with Gasteiger partial charge in [0.2, 0.25) is 0 Å². The topological polar surface area (TPSA) is 67.0 Å². The van der Waals surface area contributed by atoms with Crippen molar-refractivity contribution in [1.29, 1.82) is 0 Å². The zero-order chi connectivity index (χ0) is 13.2. The van der Waals surface area contributed by atoms with Gasteiger partial charge in [-0.25, -0.2) is 4.98 Å². The summed E-state index contributed by atoms with van der Waals surface area (Å²) in [5, 5.41) is 12.6. The van der Waals surface area contributed by atoms with Gasteiger partial charge in [-0.15, -0.1) is 4.91 Å². The first-order valence-electron chi connectivity index (χ1n) is 5.84. The van der Waals surface area contributed by atoms with E-state index in [0.717, 1.165) is 5.65 Å². The molecular formula is C14H11N3O2. The Morgan fingerprint density at radius 2 is 1.95 bits per heavy atom. The summed E-state index contributed by atoms with van der Waals surface area (Å²) in [6, 6.07) is 12.5. The number of hydrogen-bond donors (Lipinski definition) is 1. The first-order valence-corrected chi connectivity index (χ1v) is 5.84. The average molecular weight is 253 g/mol. The van der Waals surface area contributed by atoms with Gasteiger partial charge in [0.25, 0.3) is 0 Å². The molecule has 0 fully saturated rings. The molecule has 0 aliphatic heterocycles. The third kappa shape index (κ3) is 1.80. The normalized spacial score (nSPS) is 10.8. The molecule has 19 heavy (non-hydrogen) atoms. The Hall–Kier alpha value is -2.53. The molecule has 3 aromatic rings. The Bertz CT molecular complexity index is 749. The monoisotopic (exact) mass is 253 g/mol. The Morgan fingerprint density at radius 1 is 1.16 bits per heavy atom. The SMILES string of the molecule is O=Nc1ccccc1-c1nc2ccccn2c1CO. The van der Waals surface area contributed by atoms with Crippen LogP contribution in [0, 0.1) is 4.91 Å². The Kier molecular flexibility index (Phi) is 2.81. The first-order chi connectivity index (χ1) is 9.35. The molecule has 0 unspecified atom stereocenters. The average Bonchev–Trinajstić information content (AvgIpc) is 2.85. The van der Waals surface area contributed by atoms with E-state index in [1.54, 1.807) is 22.6 Å². The lowest BCUT2D eigenvalue weighted by Crippen LogP contribution is -1.93. The molecule has 1 N–H and O–H groups in total. The van der Waals surface area contributed by atoms with Gasteiger partial charge in [0.05, 0.1) is 18.0 Å². The van der Waals surface area contributed by atoms with Gasteiger partial charge in [0, 0.05) is 11.8 Å². The van der Waals surface area contributed by atoms with E-state index in [1.807, 2.05) is 30.5 Å². The third-order valence-corrected chi connectivity index (χ3v) is 3.04. The molecule has 3 rings (SSSR count). The maximum Gasteiger partial charge on any atom is 0.137 e. The maximum absolute atomic E-state index is 10.9. The summed E-state index contributed by atoms with van der Waals surface area (Å²) < 4.78 is 1.80. The lowest BCUT2D eigenvalue weighted by molar-refractivity contribution is 0.276. The highest BCUT2D eigenvalue weighted by Crippen LogP contribution is 2.32. The van der Waals surface area contributed by atoms with Crippen molar-refractivity contribution in [3.8, 4) is 11.3 Å². The van der Waals surface area contributed by atoms with E-state index in [0.29, 0.717) is 22.6 Å².